The van der Waals surface area contributed by atoms with Gasteiger partial charge in [-0.2, -0.15) is 0 Å². The maximum absolute atomic E-state index is 12.1. The first-order chi connectivity index (χ1) is 9.47. The van der Waals surface area contributed by atoms with Crippen LogP contribution in [0.5, 0.6) is 0 Å². The highest BCUT2D eigenvalue weighted by atomic mass is 35.5. The van der Waals surface area contributed by atoms with E-state index in [0.717, 1.165) is 24.8 Å². The number of carbonyl (C=O) groups excluding carboxylic acids is 1. The van der Waals surface area contributed by atoms with Crippen LogP contribution in [0.15, 0.2) is 18.2 Å². The molecule has 1 aliphatic rings. The number of hydrogen-bond donors (Lipinski definition) is 2. The van der Waals surface area contributed by atoms with Crippen LogP contribution in [0, 0.1) is 5.92 Å². The molecule has 3 unspecified atom stereocenters. The highest BCUT2D eigenvalue weighted by Gasteiger charge is 2.31. The molecule has 1 saturated carbocycles. The molecule has 1 fully saturated rings. The van der Waals surface area contributed by atoms with Gasteiger partial charge in [-0.15, -0.1) is 0 Å². The van der Waals surface area contributed by atoms with E-state index in [9.17, 15) is 9.90 Å². The summed E-state index contributed by atoms with van der Waals surface area (Å²) in [5, 5.41) is 13.9. The van der Waals surface area contributed by atoms with Crippen molar-refractivity contribution in [3.63, 3.8) is 0 Å². The summed E-state index contributed by atoms with van der Waals surface area (Å²) in [6, 6.07) is 5.33. The molecule has 2 rings (SSSR count). The number of carbonyl (C=O) groups is 1. The summed E-state index contributed by atoms with van der Waals surface area (Å²) >= 11 is 12.0. The van der Waals surface area contributed by atoms with Crippen LogP contribution in [-0.2, 0) is 11.2 Å². The van der Waals surface area contributed by atoms with E-state index in [2.05, 4.69) is 5.32 Å². The smallest absolute Gasteiger partial charge is 0.225 e. The molecule has 2 N–H and O–H groups in total. The third kappa shape index (κ3) is 3.87. The lowest BCUT2D eigenvalue weighted by molar-refractivity contribution is -0.128. The molecule has 0 bridgehead atoms. The summed E-state index contributed by atoms with van der Waals surface area (Å²) in [7, 11) is 0. The van der Waals surface area contributed by atoms with Crippen LogP contribution in [0.25, 0.3) is 0 Å². The van der Waals surface area contributed by atoms with Crippen molar-refractivity contribution in [2.24, 2.45) is 5.92 Å². The van der Waals surface area contributed by atoms with Crippen molar-refractivity contribution >= 4 is 29.1 Å². The van der Waals surface area contributed by atoms with E-state index in [-0.39, 0.29) is 17.9 Å². The van der Waals surface area contributed by atoms with Crippen LogP contribution in [0.2, 0.25) is 10.0 Å². The Balaban J connectivity index is 1.91. The first-order valence-corrected chi connectivity index (χ1v) is 7.65. The Bertz CT molecular complexity index is 493. The van der Waals surface area contributed by atoms with Gasteiger partial charge in [0.1, 0.15) is 0 Å². The van der Waals surface area contributed by atoms with Gasteiger partial charge in [0, 0.05) is 16.1 Å². The number of nitrogens with one attached hydrogen (secondary N) is 1. The normalized spacial score (nSPS) is 23.6. The van der Waals surface area contributed by atoms with Gasteiger partial charge in [-0.3, -0.25) is 4.79 Å². The molecule has 0 aromatic heterocycles. The van der Waals surface area contributed by atoms with Gasteiger partial charge in [-0.1, -0.05) is 29.3 Å². The van der Waals surface area contributed by atoms with Gasteiger partial charge >= 0.3 is 0 Å². The monoisotopic (exact) mass is 315 g/mol. The SMILES string of the molecule is CC(Cc1ccc(Cl)cc1Cl)NC(=O)C1CCCC1O. The van der Waals surface area contributed by atoms with Gasteiger partial charge in [0.2, 0.25) is 5.91 Å². The van der Waals surface area contributed by atoms with E-state index in [1.807, 2.05) is 13.0 Å². The average molecular weight is 316 g/mol. The number of benzene rings is 1. The largest absolute Gasteiger partial charge is 0.392 e. The fourth-order valence-corrected chi connectivity index (χ4v) is 3.15. The maximum atomic E-state index is 12.1. The van der Waals surface area contributed by atoms with Crippen LogP contribution in [0.1, 0.15) is 31.7 Å². The summed E-state index contributed by atoms with van der Waals surface area (Å²) < 4.78 is 0. The molecule has 3 nitrogen and oxygen atoms in total. The van der Waals surface area contributed by atoms with Crippen LogP contribution in [0.4, 0.5) is 0 Å². The van der Waals surface area contributed by atoms with Crippen LogP contribution in [0.3, 0.4) is 0 Å². The summed E-state index contributed by atoms with van der Waals surface area (Å²) in [6.07, 6.45) is 2.54. The first-order valence-electron chi connectivity index (χ1n) is 6.89. The van der Waals surface area contributed by atoms with Crippen molar-refractivity contribution in [3.8, 4) is 0 Å². The summed E-state index contributed by atoms with van der Waals surface area (Å²) in [6.45, 7) is 1.93. The molecule has 0 heterocycles. The van der Waals surface area contributed by atoms with Crippen LogP contribution >= 0.6 is 23.2 Å². The van der Waals surface area contributed by atoms with Gasteiger partial charge in [0.05, 0.1) is 12.0 Å². The Morgan fingerprint density at radius 2 is 2.20 bits per heavy atom. The highest BCUT2D eigenvalue weighted by Crippen LogP contribution is 2.26. The predicted octanol–water partition coefficient (Wildman–Crippen LogP) is 3.20. The lowest BCUT2D eigenvalue weighted by Gasteiger charge is -2.19. The van der Waals surface area contributed by atoms with Gasteiger partial charge in [-0.25, -0.2) is 0 Å². The zero-order valence-corrected chi connectivity index (χ0v) is 12.9. The highest BCUT2D eigenvalue weighted by molar-refractivity contribution is 6.35. The van der Waals surface area contributed by atoms with Crippen LogP contribution < -0.4 is 5.32 Å². The maximum Gasteiger partial charge on any atom is 0.225 e. The van der Waals surface area contributed by atoms with E-state index in [1.165, 1.54) is 0 Å². The third-order valence-corrected chi connectivity index (χ3v) is 4.33. The minimum absolute atomic E-state index is 0.0334. The second-order valence-electron chi connectivity index (χ2n) is 5.45. The molecule has 1 aromatic rings. The number of rotatable bonds is 4. The van der Waals surface area contributed by atoms with E-state index in [1.54, 1.807) is 12.1 Å². The second kappa shape index (κ2) is 6.79. The van der Waals surface area contributed by atoms with Crippen molar-refractivity contribution in [3.05, 3.63) is 33.8 Å². The Morgan fingerprint density at radius 1 is 1.45 bits per heavy atom. The zero-order valence-electron chi connectivity index (χ0n) is 11.4. The fourth-order valence-electron chi connectivity index (χ4n) is 2.66. The molecule has 20 heavy (non-hydrogen) atoms. The van der Waals surface area contributed by atoms with Gasteiger partial charge in [0.25, 0.3) is 0 Å². The minimum atomic E-state index is -0.499. The van der Waals surface area contributed by atoms with E-state index in [0.29, 0.717) is 16.5 Å². The average Bonchev–Trinajstić information content (AvgIpc) is 2.79. The van der Waals surface area contributed by atoms with Crippen molar-refractivity contribution < 1.29 is 9.90 Å². The lowest BCUT2D eigenvalue weighted by Crippen LogP contribution is -2.40. The molecular weight excluding hydrogens is 297 g/mol. The quantitative estimate of drug-likeness (QED) is 0.896. The van der Waals surface area contributed by atoms with Gasteiger partial charge in [0.15, 0.2) is 0 Å². The lowest BCUT2D eigenvalue weighted by atomic mass is 10.0. The fraction of sp³-hybridized carbons (Fsp3) is 0.533. The Hall–Kier alpha value is -0.770. The van der Waals surface area contributed by atoms with E-state index >= 15 is 0 Å². The Labute approximate surface area is 129 Å². The number of aliphatic hydroxyl groups excluding tert-OH is 1. The van der Waals surface area contributed by atoms with Crippen molar-refractivity contribution in [1.29, 1.82) is 0 Å². The van der Waals surface area contributed by atoms with Crippen molar-refractivity contribution in [1.82, 2.24) is 5.32 Å². The number of halogens is 2. The summed E-state index contributed by atoms with van der Waals surface area (Å²) in [5.74, 6) is -0.328. The van der Waals surface area contributed by atoms with Crippen LogP contribution in [-0.4, -0.2) is 23.2 Å². The number of amides is 1. The molecule has 0 saturated heterocycles. The molecule has 1 amide bonds. The van der Waals surface area contributed by atoms with Gasteiger partial charge in [-0.05, 0) is 50.3 Å². The third-order valence-electron chi connectivity index (χ3n) is 3.75. The summed E-state index contributed by atoms with van der Waals surface area (Å²) in [5.41, 5.74) is 0.954. The Morgan fingerprint density at radius 3 is 2.80 bits per heavy atom. The second-order valence-corrected chi connectivity index (χ2v) is 6.30. The zero-order chi connectivity index (χ0) is 14.7. The molecule has 0 spiro atoms. The molecule has 0 radical (unpaired) electrons. The minimum Gasteiger partial charge on any atom is -0.392 e. The standard InChI is InChI=1S/C15H19Cl2NO2/c1-9(7-10-5-6-11(16)8-13(10)17)18-15(20)12-3-2-4-14(12)19/h5-6,8-9,12,14,19H,2-4,7H2,1H3,(H,18,20). The molecule has 1 aromatic carbocycles. The number of hydrogen-bond acceptors (Lipinski definition) is 2. The summed E-state index contributed by atoms with van der Waals surface area (Å²) in [4.78, 5) is 12.1. The topological polar surface area (TPSA) is 49.3 Å². The van der Waals surface area contributed by atoms with E-state index in [4.69, 9.17) is 23.2 Å². The van der Waals surface area contributed by atoms with E-state index < -0.39 is 6.10 Å². The predicted molar refractivity (Wildman–Crippen MR) is 81.1 cm³/mol. The molecule has 5 heteroatoms. The molecule has 1 aliphatic carbocycles. The van der Waals surface area contributed by atoms with Gasteiger partial charge < -0.3 is 10.4 Å². The van der Waals surface area contributed by atoms with Crippen molar-refractivity contribution in [2.45, 2.75) is 44.8 Å². The molecular formula is C15H19Cl2NO2. The molecule has 110 valence electrons. The molecule has 3 atom stereocenters. The van der Waals surface area contributed by atoms with Crippen molar-refractivity contribution in [2.75, 3.05) is 0 Å². The Kier molecular flexibility index (Phi) is 5.30. The number of aliphatic hydroxyl groups is 1. The molecule has 0 aliphatic heterocycles. The first kappa shape index (κ1) is 15.6.